The minimum absolute atomic E-state index is 0.453. The van der Waals surface area contributed by atoms with E-state index >= 15 is 0 Å². The number of anilines is 1. The van der Waals surface area contributed by atoms with E-state index in [0.717, 1.165) is 30.6 Å². The molecule has 4 nitrogen and oxygen atoms in total. The molecule has 0 atom stereocenters. The largest absolute Gasteiger partial charge is 0.384 e. The first-order valence-corrected chi connectivity index (χ1v) is 8.92. The van der Waals surface area contributed by atoms with Crippen molar-refractivity contribution in [3.63, 3.8) is 0 Å². The molecular formula is C15H22N2O2S. The van der Waals surface area contributed by atoms with E-state index < -0.39 is 10.0 Å². The van der Waals surface area contributed by atoms with Gasteiger partial charge < -0.3 is 5.32 Å². The van der Waals surface area contributed by atoms with Crippen LogP contribution < -0.4 is 5.32 Å². The van der Waals surface area contributed by atoms with Crippen LogP contribution in [0.3, 0.4) is 0 Å². The summed E-state index contributed by atoms with van der Waals surface area (Å²) in [5.74, 6) is 0.576. The van der Waals surface area contributed by atoms with Gasteiger partial charge in [-0.05, 0) is 55.4 Å². The van der Waals surface area contributed by atoms with Crippen LogP contribution in [-0.2, 0) is 16.4 Å². The third-order valence-electron chi connectivity index (χ3n) is 4.06. The number of sulfonamides is 1. The van der Waals surface area contributed by atoms with Gasteiger partial charge in [0.2, 0.25) is 10.0 Å². The van der Waals surface area contributed by atoms with E-state index in [1.807, 2.05) is 19.1 Å². The molecule has 0 unspecified atom stereocenters. The van der Waals surface area contributed by atoms with Crippen molar-refractivity contribution in [1.29, 1.82) is 0 Å². The van der Waals surface area contributed by atoms with E-state index in [2.05, 4.69) is 5.32 Å². The molecule has 2 aliphatic rings. The molecule has 1 N–H and O–H groups in total. The van der Waals surface area contributed by atoms with Gasteiger partial charge in [0.05, 0.1) is 4.90 Å². The third-order valence-corrected chi connectivity index (χ3v) is 5.92. The second-order valence-corrected chi connectivity index (χ2v) is 7.74. The van der Waals surface area contributed by atoms with Crippen molar-refractivity contribution in [2.75, 3.05) is 25.0 Å². The van der Waals surface area contributed by atoms with Crippen LogP contribution >= 0.6 is 0 Å². The highest BCUT2D eigenvalue weighted by Crippen LogP contribution is 2.32. The van der Waals surface area contributed by atoms with Gasteiger partial charge in [0.25, 0.3) is 0 Å². The molecule has 0 spiro atoms. The number of nitrogens with zero attached hydrogens (tertiary/aromatic N) is 1. The molecular weight excluding hydrogens is 272 g/mol. The Morgan fingerprint density at radius 1 is 1.35 bits per heavy atom. The SMILES string of the molecule is CCCN(CC1CC1)S(=O)(=O)c1ccc2c(c1)CCN2. The minimum atomic E-state index is -3.33. The molecule has 110 valence electrons. The molecule has 1 aliphatic carbocycles. The maximum atomic E-state index is 12.8. The molecule has 1 aromatic rings. The lowest BCUT2D eigenvalue weighted by molar-refractivity contribution is 0.395. The van der Waals surface area contributed by atoms with Crippen molar-refractivity contribution in [3.05, 3.63) is 23.8 Å². The average Bonchev–Trinajstić information content (AvgIpc) is 3.12. The van der Waals surface area contributed by atoms with Crippen molar-refractivity contribution in [2.24, 2.45) is 5.92 Å². The third kappa shape index (κ3) is 2.69. The van der Waals surface area contributed by atoms with Gasteiger partial charge in [0, 0.05) is 25.3 Å². The number of fused-ring (bicyclic) bond motifs is 1. The summed E-state index contributed by atoms with van der Waals surface area (Å²) in [5.41, 5.74) is 2.20. The number of hydrogen-bond donors (Lipinski definition) is 1. The normalized spacial score (nSPS) is 18.1. The molecule has 0 saturated heterocycles. The lowest BCUT2D eigenvalue weighted by Gasteiger charge is -2.21. The Kier molecular flexibility index (Phi) is 3.73. The summed E-state index contributed by atoms with van der Waals surface area (Å²) in [6.07, 6.45) is 4.11. The summed E-state index contributed by atoms with van der Waals surface area (Å²) >= 11 is 0. The first-order valence-electron chi connectivity index (χ1n) is 7.48. The monoisotopic (exact) mass is 294 g/mol. The smallest absolute Gasteiger partial charge is 0.243 e. The molecule has 1 aliphatic heterocycles. The lowest BCUT2D eigenvalue weighted by atomic mass is 10.2. The maximum absolute atomic E-state index is 12.8. The van der Waals surface area contributed by atoms with E-state index in [4.69, 9.17) is 0 Å². The summed E-state index contributed by atoms with van der Waals surface area (Å²) < 4.78 is 27.3. The van der Waals surface area contributed by atoms with Crippen molar-refractivity contribution >= 4 is 15.7 Å². The number of hydrogen-bond acceptors (Lipinski definition) is 3. The Morgan fingerprint density at radius 3 is 2.85 bits per heavy atom. The average molecular weight is 294 g/mol. The summed E-state index contributed by atoms with van der Waals surface area (Å²) in [6.45, 7) is 4.24. The fraction of sp³-hybridized carbons (Fsp3) is 0.600. The van der Waals surface area contributed by atoms with Gasteiger partial charge >= 0.3 is 0 Å². The maximum Gasteiger partial charge on any atom is 0.243 e. The Bertz CT molecular complexity index is 594. The van der Waals surface area contributed by atoms with Gasteiger partial charge in [-0.1, -0.05) is 6.92 Å². The van der Waals surface area contributed by atoms with E-state index in [1.165, 1.54) is 12.8 Å². The highest BCUT2D eigenvalue weighted by molar-refractivity contribution is 7.89. The predicted octanol–water partition coefficient (Wildman–Crippen LogP) is 2.47. The van der Waals surface area contributed by atoms with Gasteiger partial charge in [-0.3, -0.25) is 0 Å². The Morgan fingerprint density at radius 2 is 2.15 bits per heavy atom. The number of benzene rings is 1. The summed E-state index contributed by atoms with van der Waals surface area (Å²) in [4.78, 5) is 0.453. The van der Waals surface area contributed by atoms with Crippen LogP contribution in [0.15, 0.2) is 23.1 Å². The molecule has 1 fully saturated rings. The molecule has 5 heteroatoms. The molecule has 0 aromatic heterocycles. The Labute approximate surface area is 121 Å². The first kappa shape index (κ1) is 13.9. The second-order valence-electron chi connectivity index (χ2n) is 5.80. The van der Waals surface area contributed by atoms with E-state index in [-0.39, 0.29) is 0 Å². The van der Waals surface area contributed by atoms with Crippen LogP contribution in [0.5, 0.6) is 0 Å². The van der Waals surface area contributed by atoms with E-state index in [0.29, 0.717) is 23.9 Å². The topological polar surface area (TPSA) is 49.4 Å². The Balaban J connectivity index is 1.88. The number of nitrogens with one attached hydrogen (secondary N) is 1. The van der Waals surface area contributed by atoms with Crippen LogP contribution in [0, 0.1) is 5.92 Å². The van der Waals surface area contributed by atoms with E-state index in [9.17, 15) is 8.42 Å². The lowest BCUT2D eigenvalue weighted by Crippen LogP contribution is -2.33. The molecule has 1 saturated carbocycles. The zero-order valence-electron chi connectivity index (χ0n) is 11.9. The standard InChI is InChI=1S/C15H22N2O2S/c1-2-9-17(11-12-3-4-12)20(18,19)14-5-6-15-13(10-14)7-8-16-15/h5-6,10,12,16H,2-4,7-9,11H2,1H3. The van der Waals surface area contributed by atoms with Crippen molar-refractivity contribution < 1.29 is 8.42 Å². The van der Waals surface area contributed by atoms with Crippen molar-refractivity contribution in [2.45, 2.75) is 37.5 Å². The molecule has 3 rings (SSSR count). The van der Waals surface area contributed by atoms with Crippen LogP contribution in [0.4, 0.5) is 5.69 Å². The number of rotatable bonds is 6. The molecule has 20 heavy (non-hydrogen) atoms. The second kappa shape index (κ2) is 5.37. The van der Waals surface area contributed by atoms with E-state index in [1.54, 1.807) is 10.4 Å². The summed E-state index contributed by atoms with van der Waals surface area (Å²) in [6, 6.07) is 5.48. The zero-order valence-corrected chi connectivity index (χ0v) is 12.7. The van der Waals surface area contributed by atoms with Crippen molar-refractivity contribution in [1.82, 2.24) is 4.31 Å². The minimum Gasteiger partial charge on any atom is -0.384 e. The summed E-state index contributed by atoms with van der Waals surface area (Å²) in [5, 5.41) is 3.27. The van der Waals surface area contributed by atoms with Crippen LogP contribution in [0.25, 0.3) is 0 Å². The highest BCUT2D eigenvalue weighted by atomic mass is 32.2. The van der Waals surface area contributed by atoms with Gasteiger partial charge in [-0.25, -0.2) is 8.42 Å². The van der Waals surface area contributed by atoms with Crippen molar-refractivity contribution in [3.8, 4) is 0 Å². The van der Waals surface area contributed by atoms with Crippen LogP contribution in [-0.4, -0.2) is 32.4 Å². The predicted molar refractivity (Wildman–Crippen MR) is 80.4 cm³/mol. The van der Waals surface area contributed by atoms with Gasteiger partial charge in [-0.15, -0.1) is 0 Å². The molecule has 0 amide bonds. The Hall–Kier alpha value is -1.07. The van der Waals surface area contributed by atoms with Gasteiger partial charge in [-0.2, -0.15) is 4.31 Å². The molecule has 1 aromatic carbocycles. The fourth-order valence-corrected chi connectivity index (χ4v) is 4.40. The summed E-state index contributed by atoms with van der Waals surface area (Å²) in [7, 11) is -3.33. The zero-order chi connectivity index (χ0) is 14.2. The first-order chi connectivity index (χ1) is 9.61. The fourth-order valence-electron chi connectivity index (χ4n) is 2.74. The highest BCUT2D eigenvalue weighted by Gasteiger charge is 2.31. The van der Waals surface area contributed by atoms with Gasteiger partial charge in [0.1, 0.15) is 0 Å². The van der Waals surface area contributed by atoms with Crippen LogP contribution in [0.2, 0.25) is 0 Å². The quantitative estimate of drug-likeness (QED) is 0.877. The molecule has 0 radical (unpaired) electrons. The molecule has 0 bridgehead atoms. The van der Waals surface area contributed by atoms with Gasteiger partial charge in [0.15, 0.2) is 0 Å². The van der Waals surface area contributed by atoms with Crippen LogP contribution in [0.1, 0.15) is 31.7 Å². The molecule has 1 heterocycles.